The van der Waals surface area contributed by atoms with Gasteiger partial charge in [-0.1, -0.05) is 6.08 Å². The van der Waals surface area contributed by atoms with Crippen LogP contribution in [0, 0.1) is 0 Å². The summed E-state index contributed by atoms with van der Waals surface area (Å²) < 4.78 is 2.27. The van der Waals surface area contributed by atoms with E-state index in [9.17, 15) is 4.79 Å². The summed E-state index contributed by atoms with van der Waals surface area (Å²) in [6.45, 7) is 4.05. The molecule has 3 rings (SSSR count). The van der Waals surface area contributed by atoms with Gasteiger partial charge in [-0.3, -0.25) is 4.79 Å². The second kappa shape index (κ2) is 4.28. The molecule has 1 amide bonds. The molecule has 0 fully saturated rings. The van der Waals surface area contributed by atoms with Gasteiger partial charge in [0.2, 0.25) is 0 Å². The number of amides is 1. The van der Waals surface area contributed by atoms with Gasteiger partial charge in [0.1, 0.15) is 0 Å². The van der Waals surface area contributed by atoms with Crippen molar-refractivity contribution in [3.8, 4) is 0 Å². The number of aromatic nitrogens is 1. The van der Waals surface area contributed by atoms with Crippen molar-refractivity contribution in [2.75, 3.05) is 20.1 Å². The first kappa shape index (κ1) is 11.5. The molecule has 0 bridgehead atoms. The molecule has 0 spiro atoms. The lowest BCUT2D eigenvalue weighted by atomic mass is 9.94. The van der Waals surface area contributed by atoms with Gasteiger partial charge in [0.25, 0.3) is 5.91 Å². The molecule has 2 N–H and O–H groups in total. The number of nitrogens with zero attached hydrogens (tertiary/aromatic N) is 1. The molecule has 1 aromatic heterocycles. The molecule has 2 heterocycles. The molecule has 1 aromatic rings. The maximum Gasteiger partial charge on any atom is 0.252 e. The van der Waals surface area contributed by atoms with E-state index in [1.54, 1.807) is 7.05 Å². The third-order valence-electron chi connectivity index (χ3n) is 3.93. The highest BCUT2D eigenvalue weighted by Gasteiger charge is 2.27. The van der Waals surface area contributed by atoms with Gasteiger partial charge in [0.05, 0.1) is 5.56 Å². The van der Waals surface area contributed by atoms with Crippen LogP contribution in [-0.2, 0) is 6.42 Å². The predicted molar refractivity (Wildman–Crippen MR) is 71.7 cm³/mol. The third-order valence-corrected chi connectivity index (χ3v) is 3.93. The van der Waals surface area contributed by atoms with E-state index >= 15 is 0 Å². The molecule has 0 aromatic carbocycles. The van der Waals surface area contributed by atoms with Crippen LogP contribution in [0.15, 0.2) is 12.3 Å². The topological polar surface area (TPSA) is 46.1 Å². The van der Waals surface area contributed by atoms with Crippen LogP contribution in [0.2, 0.25) is 0 Å². The molecule has 96 valence electrons. The van der Waals surface area contributed by atoms with Crippen molar-refractivity contribution in [1.29, 1.82) is 0 Å². The Morgan fingerprint density at radius 2 is 2.39 bits per heavy atom. The Morgan fingerprint density at radius 3 is 3.17 bits per heavy atom. The van der Waals surface area contributed by atoms with Gasteiger partial charge >= 0.3 is 0 Å². The number of hydrogen-bond acceptors (Lipinski definition) is 2. The van der Waals surface area contributed by atoms with E-state index in [2.05, 4.69) is 28.2 Å². The summed E-state index contributed by atoms with van der Waals surface area (Å²) in [4.78, 5) is 12.0. The number of allylic oxidation sites excluding steroid dienone is 1. The van der Waals surface area contributed by atoms with Crippen molar-refractivity contribution in [2.24, 2.45) is 0 Å². The predicted octanol–water partition coefficient (Wildman–Crippen LogP) is 1.34. The highest BCUT2D eigenvalue weighted by Crippen LogP contribution is 2.33. The fourth-order valence-electron chi connectivity index (χ4n) is 3.01. The van der Waals surface area contributed by atoms with Gasteiger partial charge in [0, 0.05) is 38.1 Å². The molecule has 18 heavy (non-hydrogen) atoms. The van der Waals surface area contributed by atoms with Gasteiger partial charge < -0.3 is 15.2 Å². The minimum absolute atomic E-state index is 0.0342. The van der Waals surface area contributed by atoms with Crippen molar-refractivity contribution in [1.82, 2.24) is 15.2 Å². The molecule has 1 aliphatic heterocycles. The molecule has 4 nitrogen and oxygen atoms in total. The van der Waals surface area contributed by atoms with Gasteiger partial charge in [-0.25, -0.2) is 0 Å². The SMILES string of the molecule is CNC(=O)c1cn2c3c1CCC=C3CNCC2C. The summed E-state index contributed by atoms with van der Waals surface area (Å²) in [5, 5.41) is 6.21. The Balaban J connectivity index is 2.19. The van der Waals surface area contributed by atoms with Crippen LogP contribution in [0.25, 0.3) is 5.57 Å². The molecule has 1 aliphatic carbocycles. The molecule has 0 saturated heterocycles. The van der Waals surface area contributed by atoms with E-state index in [-0.39, 0.29) is 5.91 Å². The highest BCUT2D eigenvalue weighted by atomic mass is 16.1. The first-order chi connectivity index (χ1) is 8.72. The monoisotopic (exact) mass is 245 g/mol. The first-order valence-electron chi connectivity index (χ1n) is 6.58. The van der Waals surface area contributed by atoms with Crippen molar-refractivity contribution in [2.45, 2.75) is 25.8 Å². The van der Waals surface area contributed by atoms with E-state index in [1.165, 1.54) is 16.8 Å². The Morgan fingerprint density at radius 1 is 1.56 bits per heavy atom. The number of carbonyl (C=O) groups excluding carboxylic acids is 1. The minimum atomic E-state index is 0.0342. The first-order valence-corrected chi connectivity index (χ1v) is 6.58. The lowest BCUT2D eigenvalue weighted by Crippen LogP contribution is -2.22. The van der Waals surface area contributed by atoms with Crippen LogP contribution >= 0.6 is 0 Å². The van der Waals surface area contributed by atoms with Crippen LogP contribution in [-0.4, -0.2) is 30.6 Å². The molecule has 1 unspecified atom stereocenters. The fourth-order valence-corrected chi connectivity index (χ4v) is 3.01. The van der Waals surface area contributed by atoms with Gasteiger partial charge in [0.15, 0.2) is 0 Å². The molecular weight excluding hydrogens is 226 g/mol. The second-order valence-corrected chi connectivity index (χ2v) is 5.10. The van der Waals surface area contributed by atoms with E-state index < -0.39 is 0 Å². The van der Waals surface area contributed by atoms with Gasteiger partial charge in [-0.05, 0) is 30.9 Å². The zero-order valence-electron chi connectivity index (χ0n) is 10.9. The van der Waals surface area contributed by atoms with Crippen LogP contribution in [0.3, 0.4) is 0 Å². The zero-order chi connectivity index (χ0) is 12.7. The fraction of sp³-hybridized carbons (Fsp3) is 0.500. The Labute approximate surface area is 107 Å². The summed E-state index contributed by atoms with van der Waals surface area (Å²) in [5.41, 5.74) is 4.70. The summed E-state index contributed by atoms with van der Waals surface area (Å²) in [5.74, 6) is 0.0342. The largest absolute Gasteiger partial charge is 0.355 e. The zero-order valence-corrected chi connectivity index (χ0v) is 10.9. The summed E-state index contributed by atoms with van der Waals surface area (Å²) >= 11 is 0. The van der Waals surface area contributed by atoms with Crippen LogP contribution < -0.4 is 10.6 Å². The van der Waals surface area contributed by atoms with Crippen molar-refractivity contribution in [3.05, 3.63) is 29.1 Å². The summed E-state index contributed by atoms with van der Waals surface area (Å²) in [7, 11) is 1.70. The molecule has 0 radical (unpaired) electrons. The van der Waals surface area contributed by atoms with E-state index in [4.69, 9.17) is 0 Å². The number of rotatable bonds is 1. The Kier molecular flexibility index (Phi) is 2.74. The number of hydrogen-bond donors (Lipinski definition) is 2. The summed E-state index contributed by atoms with van der Waals surface area (Å²) in [6, 6.07) is 0.390. The van der Waals surface area contributed by atoms with Crippen molar-refractivity contribution >= 4 is 11.5 Å². The summed E-state index contributed by atoms with van der Waals surface area (Å²) in [6.07, 6.45) is 6.34. The third kappa shape index (κ3) is 1.60. The van der Waals surface area contributed by atoms with Crippen LogP contribution in [0.5, 0.6) is 0 Å². The van der Waals surface area contributed by atoms with E-state index in [0.29, 0.717) is 6.04 Å². The molecule has 4 heteroatoms. The van der Waals surface area contributed by atoms with Crippen molar-refractivity contribution < 1.29 is 4.79 Å². The molecule has 0 saturated carbocycles. The van der Waals surface area contributed by atoms with E-state index in [1.807, 2.05) is 6.20 Å². The molecule has 2 aliphatic rings. The average Bonchev–Trinajstić information content (AvgIpc) is 2.70. The lowest BCUT2D eigenvalue weighted by Gasteiger charge is -2.17. The van der Waals surface area contributed by atoms with Gasteiger partial charge in [-0.2, -0.15) is 0 Å². The normalized spacial score (nSPS) is 21.9. The Bertz CT molecular complexity index is 527. The molecular formula is C14H19N3O. The minimum Gasteiger partial charge on any atom is -0.355 e. The van der Waals surface area contributed by atoms with E-state index in [0.717, 1.165) is 31.5 Å². The number of nitrogens with one attached hydrogen (secondary N) is 2. The maximum atomic E-state index is 12.0. The molecule has 1 atom stereocenters. The Hall–Kier alpha value is -1.55. The smallest absolute Gasteiger partial charge is 0.252 e. The van der Waals surface area contributed by atoms with Crippen LogP contribution in [0.1, 0.15) is 41.0 Å². The van der Waals surface area contributed by atoms with Gasteiger partial charge in [-0.15, -0.1) is 0 Å². The van der Waals surface area contributed by atoms with Crippen LogP contribution in [0.4, 0.5) is 0 Å². The average molecular weight is 245 g/mol. The second-order valence-electron chi connectivity index (χ2n) is 5.10. The quantitative estimate of drug-likeness (QED) is 0.784. The standard InChI is InChI=1S/C14H19N3O/c1-9-6-16-7-10-4-3-5-11-12(14(18)15-2)8-17(9)13(10)11/h4,8-9,16H,3,5-7H2,1-2H3,(H,15,18). The lowest BCUT2D eigenvalue weighted by molar-refractivity contribution is 0.0962. The maximum absolute atomic E-state index is 12.0. The highest BCUT2D eigenvalue weighted by molar-refractivity contribution is 5.97. The van der Waals surface area contributed by atoms with Crippen molar-refractivity contribution in [3.63, 3.8) is 0 Å². The number of carbonyl (C=O) groups is 1.